The van der Waals surface area contributed by atoms with Gasteiger partial charge in [0.1, 0.15) is 17.0 Å². The van der Waals surface area contributed by atoms with E-state index >= 15 is 0 Å². The van der Waals surface area contributed by atoms with Crippen LogP contribution in [0.5, 0.6) is 0 Å². The Labute approximate surface area is 120 Å². The van der Waals surface area contributed by atoms with Crippen LogP contribution >= 0.6 is 0 Å². The molecule has 3 rings (SSSR count). The molecule has 0 saturated carbocycles. The Balaban J connectivity index is 1.80. The first kappa shape index (κ1) is 14.0. The number of hydrogen-bond acceptors (Lipinski definition) is 4. The summed E-state index contributed by atoms with van der Waals surface area (Å²) in [5.41, 5.74) is 0.0143. The summed E-state index contributed by atoms with van der Waals surface area (Å²) in [6, 6.07) is 4.11. The van der Waals surface area contributed by atoms with E-state index in [1.807, 2.05) is 0 Å². The lowest BCUT2D eigenvalue weighted by Gasteiger charge is -2.20. The molecule has 0 bridgehead atoms. The Hall–Kier alpha value is -1.92. The van der Waals surface area contributed by atoms with Crippen molar-refractivity contribution in [3.63, 3.8) is 0 Å². The van der Waals surface area contributed by atoms with Crippen molar-refractivity contribution in [2.24, 2.45) is 0 Å². The van der Waals surface area contributed by atoms with Crippen molar-refractivity contribution in [1.29, 1.82) is 0 Å². The molecule has 5 nitrogen and oxygen atoms in total. The van der Waals surface area contributed by atoms with E-state index in [0.29, 0.717) is 29.6 Å². The van der Waals surface area contributed by atoms with Gasteiger partial charge in [-0.05, 0) is 25.1 Å². The number of benzene rings is 1. The van der Waals surface area contributed by atoms with Crippen molar-refractivity contribution in [3.8, 4) is 0 Å². The predicted molar refractivity (Wildman–Crippen MR) is 73.6 cm³/mol. The Kier molecular flexibility index (Phi) is 3.43. The molecule has 1 atom stereocenters. The third-order valence-corrected chi connectivity index (χ3v) is 3.76. The van der Waals surface area contributed by atoms with Crippen LogP contribution in [0, 0.1) is 12.7 Å². The Bertz CT molecular complexity index is 688. The first-order valence-corrected chi connectivity index (χ1v) is 6.75. The topological polar surface area (TPSA) is 71.7 Å². The van der Waals surface area contributed by atoms with Crippen molar-refractivity contribution in [2.75, 3.05) is 19.8 Å². The summed E-state index contributed by atoms with van der Waals surface area (Å²) in [5, 5.41) is 13.3. The zero-order valence-electron chi connectivity index (χ0n) is 11.6. The summed E-state index contributed by atoms with van der Waals surface area (Å²) in [6.45, 7) is 2.48. The molecule has 1 saturated heterocycles. The summed E-state index contributed by atoms with van der Waals surface area (Å²) in [4.78, 5) is 12.2. The van der Waals surface area contributed by atoms with E-state index in [4.69, 9.17) is 9.15 Å². The van der Waals surface area contributed by atoms with Crippen LogP contribution < -0.4 is 5.32 Å². The maximum atomic E-state index is 13.2. The lowest BCUT2D eigenvalue weighted by molar-refractivity contribution is 0.0261. The molecule has 21 heavy (non-hydrogen) atoms. The average molecular weight is 293 g/mol. The molecular weight excluding hydrogens is 277 g/mol. The van der Waals surface area contributed by atoms with Crippen LogP contribution in [0.1, 0.15) is 22.5 Å². The van der Waals surface area contributed by atoms with E-state index < -0.39 is 11.5 Å². The SMILES string of the molecule is Cc1c(C(=O)NCC2(O)CCOC2)oc2ccc(F)cc12. The number of aliphatic hydroxyl groups is 1. The van der Waals surface area contributed by atoms with Gasteiger partial charge in [0.25, 0.3) is 5.91 Å². The largest absolute Gasteiger partial charge is 0.451 e. The predicted octanol–water partition coefficient (Wildman–Crippen LogP) is 1.76. The number of amides is 1. The number of ether oxygens (including phenoxy) is 1. The molecule has 0 spiro atoms. The van der Waals surface area contributed by atoms with Gasteiger partial charge in [-0.15, -0.1) is 0 Å². The highest BCUT2D eigenvalue weighted by atomic mass is 19.1. The Morgan fingerprint density at radius 1 is 1.52 bits per heavy atom. The smallest absolute Gasteiger partial charge is 0.287 e. The molecule has 1 aliphatic rings. The minimum Gasteiger partial charge on any atom is -0.451 e. The molecule has 1 aliphatic heterocycles. The number of halogens is 1. The fourth-order valence-electron chi connectivity index (χ4n) is 2.47. The highest BCUT2D eigenvalue weighted by Gasteiger charge is 2.33. The molecule has 0 aliphatic carbocycles. The van der Waals surface area contributed by atoms with E-state index in [9.17, 15) is 14.3 Å². The maximum Gasteiger partial charge on any atom is 0.287 e. The summed E-state index contributed by atoms with van der Waals surface area (Å²) in [5.74, 6) is -0.668. The molecular formula is C15H16FNO4. The maximum absolute atomic E-state index is 13.2. The summed E-state index contributed by atoms with van der Waals surface area (Å²) >= 11 is 0. The minimum atomic E-state index is -1.03. The normalized spacial score (nSPS) is 21.9. The number of rotatable bonds is 3. The molecule has 1 fully saturated rings. The van der Waals surface area contributed by atoms with Crippen LogP contribution in [-0.4, -0.2) is 36.4 Å². The van der Waals surface area contributed by atoms with Crippen molar-refractivity contribution >= 4 is 16.9 Å². The molecule has 0 radical (unpaired) electrons. The van der Waals surface area contributed by atoms with E-state index in [2.05, 4.69) is 5.32 Å². The van der Waals surface area contributed by atoms with Crippen molar-refractivity contribution in [1.82, 2.24) is 5.32 Å². The van der Waals surface area contributed by atoms with Crippen molar-refractivity contribution in [3.05, 3.63) is 35.3 Å². The second kappa shape index (κ2) is 5.13. The van der Waals surface area contributed by atoms with E-state index in [1.54, 1.807) is 6.92 Å². The van der Waals surface area contributed by atoms with Crippen LogP contribution in [0.4, 0.5) is 4.39 Å². The average Bonchev–Trinajstić information content (AvgIpc) is 3.02. The molecule has 2 heterocycles. The van der Waals surface area contributed by atoms with Crippen molar-refractivity contribution < 1.29 is 23.4 Å². The first-order chi connectivity index (χ1) is 9.98. The zero-order chi connectivity index (χ0) is 15.0. The van der Waals surface area contributed by atoms with Gasteiger partial charge < -0.3 is 19.6 Å². The fourth-order valence-corrected chi connectivity index (χ4v) is 2.47. The molecule has 1 unspecified atom stereocenters. The number of nitrogens with one attached hydrogen (secondary N) is 1. The number of fused-ring (bicyclic) bond motifs is 1. The molecule has 1 aromatic carbocycles. The molecule has 1 amide bonds. The summed E-state index contributed by atoms with van der Waals surface area (Å²) in [6.07, 6.45) is 0.484. The highest BCUT2D eigenvalue weighted by Crippen LogP contribution is 2.26. The lowest BCUT2D eigenvalue weighted by Crippen LogP contribution is -2.43. The number of aryl methyl sites for hydroxylation is 1. The van der Waals surface area contributed by atoms with Gasteiger partial charge in [0.05, 0.1) is 6.61 Å². The van der Waals surface area contributed by atoms with E-state index in [1.165, 1.54) is 18.2 Å². The molecule has 112 valence electrons. The standard InChI is InChI=1S/C15H16FNO4/c1-9-11-6-10(16)2-3-12(11)21-13(9)14(18)17-7-15(19)4-5-20-8-15/h2-3,6,19H,4-5,7-8H2,1H3,(H,17,18). The van der Waals surface area contributed by atoms with Gasteiger partial charge >= 0.3 is 0 Å². The number of furan rings is 1. The van der Waals surface area contributed by atoms with E-state index in [0.717, 1.165) is 0 Å². The summed E-state index contributed by atoms with van der Waals surface area (Å²) < 4.78 is 23.8. The van der Waals surface area contributed by atoms with Crippen LogP contribution in [-0.2, 0) is 4.74 Å². The zero-order valence-corrected chi connectivity index (χ0v) is 11.6. The van der Waals surface area contributed by atoms with Crippen molar-refractivity contribution in [2.45, 2.75) is 18.9 Å². The first-order valence-electron chi connectivity index (χ1n) is 6.75. The van der Waals surface area contributed by atoms with Crippen LogP contribution in [0.3, 0.4) is 0 Å². The van der Waals surface area contributed by atoms with Gasteiger partial charge in [-0.2, -0.15) is 0 Å². The second-order valence-electron chi connectivity index (χ2n) is 5.41. The van der Waals surface area contributed by atoms with Gasteiger partial charge in [0.15, 0.2) is 5.76 Å². The van der Waals surface area contributed by atoms with Gasteiger partial charge in [0.2, 0.25) is 0 Å². The van der Waals surface area contributed by atoms with Gasteiger partial charge in [-0.25, -0.2) is 4.39 Å². The van der Waals surface area contributed by atoms with Crippen LogP contribution in [0.15, 0.2) is 22.6 Å². The van der Waals surface area contributed by atoms with Crippen LogP contribution in [0.2, 0.25) is 0 Å². The van der Waals surface area contributed by atoms with Gasteiger partial charge in [-0.1, -0.05) is 0 Å². The molecule has 2 aromatic rings. The Morgan fingerprint density at radius 2 is 2.33 bits per heavy atom. The molecule has 1 aromatic heterocycles. The third-order valence-electron chi connectivity index (χ3n) is 3.76. The number of carbonyl (C=O) groups excluding carboxylic acids is 1. The monoisotopic (exact) mass is 293 g/mol. The van der Waals surface area contributed by atoms with Gasteiger partial charge in [-0.3, -0.25) is 4.79 Å². The quantitative estimate of drug-likeness (QED) is 0.904. The fraction of sp³-hybridized carbons (Fsp3) is 0.400. The second-order valence-corrected chi connectivity index (χ2v) is 5.41. The lowest BCUT2D eigenvalue weighted by atomic mass is 10.0. The van der Waals surface area contributed by atoms with Crippen LogP contribution in [0.25, 0.3) is 11.0 Å². The summed E-state index contributed by atoms with van der Waals surface area (Å²) in [7, 11) is 0. The van der Waals surface area contributed by atoms with E-state index in [-0.39, 0.29) is 24.7 Å². The molecule has 6 heteroatoms. The number of carbonyl (C=O) groups is 1. The molecule has 2 N–H and O–H groups in total. The highest BCUT2D eigenvalue weighted by molar-refractivity contribution is 5.98. The minimum absolute atomic E-state index is 0.0939. The third kappa shape index (κ3) is 2.64. The number of hydrogen-bond donors (Lipinski definition) is 2. The van der Waals surface area contributed by atoms with Gasteiger partial charge in [0, 0.05) is 30.5 Å². The Morgan fingerprint density at radius 3 is 3.05 bits per heavy atom.